The van der Waals surface area contributed by atoms with Crippen LogP contribution < -0.4 is 42.0 Å². The fourth-order valence-electron chi connectivity index (χ4n) is 12.9. The highest BCUT2D eigenvalue weighted by Gasteiger charge is 2.48. The van der Waals surface area contributed by atoms with E-state index in [4.69, 9.17) is 9.47 Å². The van der Waals surface area contributed by atoms with E-state index >= 15 is 14.4 Å². The molecule has 24 nitrogen and oxygen atoms in total. The van der Waals surface area contributed by atoms with E-state index in [1.165, 1.54) is 9.80 Å². The minimum atomic E-state index is -1.68. The number of likely N-dealkylation sites (tertiary alicyclic amines) is 2. The van der Waals surface area contributed by atoms with Gasteiger partial charge in [0.2, 0.25) is 41.4 Å². The van der Waals surface area contributed by atoms with Crippen LogP contribution in [0.5, 0.6) is 5.75 Å². The summed E-state index contributed by atoms with van der Waals surface area (Å²) in [5.41, 5.74) is 0.832. The Balaban J connectivity index is 1.13. The van der Waals surface area contributed by atoms with Crippen LogP contribution >= 0.6 is 0 Å². The molecule has 4 heterocycles. The van der Waals surface area contributed by atoms with Crippen molar-refractivity contribution in [3.05, 3.63) is 138 Å². The Morgan fingerprint density at radius 1 is 0.616 bits per heavy atom. The molecule has 4 aliphatic heterocycles. The molecular formula is C75H95N9O15. The third-order valence-electron chi connectivity index (χ3n) is 19.0. The number of hydrogen-bond acceptors (Lipinski definition) is 15. The number of nitrogens with zero attached hydrogens (tertiary/aromatic N) is 2. The maximum absolute atomic E-state index is 15.1. The molecule has 6 bridgehead atoms. The Morgan fingerprint density at radius 3 is 1.80 bits per heavy atom. The van der Waals surface area contributed by atoms with Crippen molar-refractivity contribution in [1.29, 1.82) is 0 Å². The monoisotopic (exact) mass is 1360 g/mol. The van der Waals surface area contributed by atoms with E-state index in [1.54, 1.807) is 91.2 Å². The molecule has 4 aliphatic rings. The molecule has 530 valence electrons. The summed E-state index contributed by atoms with van der Waals surface area (Å²) < 4.78 is 12.3. The third kappa shape index (κ3) is 20.4. The first-order valence-electron chi connectivity index (χ1n) is 34.0. The first-order valence-corrected chi connectivity index (χ1v) is 34.0. The van der Waals surface area contributed by atoms with Crippen LogP contribution in [-0.4, -0.2) is 186 Å². The fraction of sp³-hybridized carbons (Fsp3) is 0.480. The van der Waals surface area contributed by atoms with Gasteiger partial charge in [0.15, 0.2) is 5.78 Å². The van der Waals surface area contributed by atoms with Crippen molar-refractivity contribution < 1.29 is 72.4 Å². The molecule has 0 saturated carbocycles. The van der Waals surface area contributed by atoms with Crippen LogP contribution in [0.3, 0.4) is 0 Å². The fourth-order valence-corrected chi connectivity index (χ4v) is 12.9. The lowest BCUT2D eigenvalue weighted by atomic mass is 9.85. The number of ether oxygens (including phenoxy) is 2. The van der Waals surface area contributed by atoms with Crippen LogP contribution in [0.25, 0.3) is 21.5 Å². The third-order valence-corrected chi connectivity index (χ3v) is 19.0. The molecule has 2 fully saturated rings. The quantitative estimate of drug-likeness (QED) is 0.0587. The standard InChI is InChI=1S/C75H95N9O15/c1-43(2)57(40-63(85)44(3)76-8)71(92)84-42-56-39-61(84)64(86)37-53(34-47-20-24-49-16-10-12-18-51(49)32-47)68(89)79-58(73(94)95)28-29-65(87)78-54-38-62(83(41-54)72(93)66(75(5,6)7)82-67(88)45(4)77-9)70(91)80-59(36-48-21-25-50-17-11-13-19-52(50)33-48)69(90)81-60(74(96)97)35-46-22-26-55(27-23-46)98-30-14-15-31-99-56/h10-27,32-33,43-45,53-54,56-62,66,76-77H,28-31,34-42H2,1-9H3,(H,78,87)(H,79,89)(H,80,91)(H,81,90)(H,82,88)(H,94,95)(H,96,97)/b15-14+/t44-,45-,53+,54-,56-,57-,58-,59-,60-,61-,62-,66+/m0/s1. The number of carboxylic acid groups (broad SMARTS) is 2. The summed E-state index contributed by atoms with van der Waals surface area (Å²) >= 11 is 0. The number of carboxylic acids is 2. The molecular weight excluding hydrogens is 1270 g/mol. The molecule has 9 N–H and O–H groups in total. The van der Waals surface area contributed by atoms with Gasteiger partial charge in [-0.3, -0.25) is 43.2 Å². The van der Waals surface area contributed by atoms with Gasteiger partial charge in [-0.15, -0.1) is 0 Å². The number of Topliss-reactive ketones (excluding diaryl/α,β-unsaturated/α-hetero) is 2. The number of likely N-dealkylation sites (N-methyl/N-ethyl adjacent to an activating group) is 2. The van der Waals surface area contributed by atoms with Crippen LogP contribution in [0.4, 0.5) is 0 Å². The van der Waals surface area contributed by atoms with Gasteiger partial charge in [-0.2, -0.15) is 0 Å². The van der Waals surface area contributed by atoms with Crippen molar-refractivity contribution in [3.63, 3.8) is 0 Å². The van der Waals surface area contributed by atoms with Crippen molar-refractivity contribution in [3.8, 4) is 5.75 Å². The van der Waals surface area contributed by atoms with Crippen molar-refractivity contribution in [2.75, 3.05) is 40.4 Å². The molecule has 0 aliphatic carbocycles. The molecule has 24 heteroatoms. The number of ketones is 2. The second-order valence-electron chi connectivity index (χ2n) is 27.7. The van der Waals surface area contributed by atoms with Gasteiger partial charge in [-0.05, 0) is 115 Å². The van der Waals surface area contributed by atoms with Gasteiger partial charge in [0.05, 0.1) is 30.8 Å². The van der Waals surface area contributed by atoms with Crippen LogP contribution in [-0.2, 0) is 76.7 Å². The summed E-state index contributed by atoms with van der Waals surface area (Å²) in [6.07, 6.45) is 0.748. The molecule has 2 saturated heterocycles. The summed E-state index contributed by atoms with van der Waals surface area (Å²) in [4.78, 5) is 160. The predicted octanol–water partition coefficient (Wildman–Crippen LogP) is 5.00. The summed E-state index contributed by atoms with van der Waals surface area (Å²) in [5.74, 6) is -10.3. The van der Waals surface area contributed by atoms with Crippen LogP contribution in [0.1, 0.15) is 104 Å². The number of carbonyl (C=O) groups is 11. The van der Waals surface area contributed by atoms with E-state index in [2.05, 4.69) is 37.2 Å². The van der Waals surface area contributed by atoms with Gasteiger partial charge in [0, 0.05) is 69.5 Å². The smallest absolute Gasteiger partial charge is 0.326 e. The van der Waals surface area contributed by atoms with Gasteiger partial charge in [0.1, 0.15) is 48.3 Å². The highest BCUT2D eigenvalue weighted by atomic mass is 16.5. The molecule has 9 rings (SSSR count). The zero-order valence-electron chi connectivity index (χ0n) is 57.8. The molecule has 7 amide bonds. The summed E-state index contributed by atoms with van der Waals surface area (Å²) in [6, 6.07) is 22.1. The average molecular weight is 1360 g/mol. The number of fused-ring (bicyclic) bond motifs is 23. The molecule has 0 spiro atoms. The topological polar surface area (TPSA) is 337 Å². The largest absolute Gasteiger partial charge is 0.490 e. The second-order valence-corrected chi connectivity index (χ2v) is 27.7. The summed E-state index contributed by atoms with van der Waals surface area (Å²) in [5, 5.41) is 44.4. The van der Waals surface area contributed by atoms with Gasteiger partial charge < -0.3 is 66.7 Å². The van der Waals surface area contributed by atoms with E-state index < -0.39 is 156 Å². The van der Waals surface area contributed by atoms with Crippen molar-refractivity contribution in [2.45, 2.75) is 167 Å². The second kappa shape index (κ2) is 34.4. The van der Waals surface area contributed by atoms with E-state index in [-0.39, 0.29) is 76.5 Å². The van der Waals surface area contributed by atoms with Gasteiger partial charge in [0.25, 0.3) is 0 Å². The lowest BCUT2D eigenvalue weighted by Gasteiger charge is -2.36. The predicted molar refractivity (Wildman–Crippen MR) is 372 cm³/mol. The summed E-state index contributed by atoms with van der Waals surface area (Å²) in [6.45, 7) is 12.0. The van der Waals surface area contributed by atoms with Gasteiger partial charge >= 0.3 is 11.9 Å². The number of hydrogen-bond donors (Lipinski definition) is 9. The van der Waals surface area contributed by atoms with Crippen molar-refractivity contribution >= 4 is 86.4 Å². The molecule has 0 aromatic heterocycles. The molecule has 0 unspecified atom stereocenters. The normalized spacial score (nSPS) is 23.6. The van der Waals surface area contributed by atoms with Crippen molar-refractivity contribution in [1.82, 2.24) is 47.0 Å². The minimum absolute atomic E-state index is 0.0110. The zero-order valence-corrected chi connectivity index (χ0v) is 57.8. The Hall–Kier alpha value is -9.39. The maximum Gasteiger partial charge on any atom is 0.326 e. The Bertz CT molecular complexity index is 3800. The summed E-state index contributed by atoms with van der Waals surface area (Å²) in [7, 11) is 3.22. The number of aliphatic carboxylic acids is 2. The van der Waals surface area contributed by atoms with Crippen molar-refractivity contribution in [2.24, 2.45) is 23.2 Å². The van der Waals surface area contributed by atoms with Gasteiger partial charge in [-0.25, -0.2) is 9.59 Å². The maximum atomic E-state index is 15.1. The molecule has 12 atom stereocenters. The van der Waals surface area contributed by atoms with E-state index in [0.717, 1.165) is 21.5 Å². The van der Waals surface area contributed by atoms with E-state index in [9.17, 15) is 48.6 Å². The molecule has 99 heavy (non-hydrogen) atoms. The van der Waals surface area contributed by atoms with E-state index in [1.807, 2.05) is 92.7 Å². The molecule has 0 radical (unpaired) electrons. The molecule has 5 aromatic rings. The minimum Gasteiger partial charge on any atom is -0.490 e. The highest BCUT2D eigenvalue weighted by Crippen LogP contribution is 2.32. The first kappa shape index (κ1) is 75.4. The highest BCUT2D eigenvalue weighted by molar-refractivity contribution is 5.98. The first-order chi connectivity index (χ1) is 47.1. The number of carbonyl (C=O) groups excluding carboxylic acids is 9. The zero-order chi connectivity index (χ0) is 71.8. The SMILES string of the molecule is CN[C@@H](C)C(=O)C[C@H](C(=O)N1C[C@@H]2C[C@H]1C(=O)C[C@@H](Cc1ccc3ccccc3c1)C(=O)N[C@H](C(=O)O)CCC(=O)N[C@H]1C[C@@H](C(=O)N[C@@H](Cc3ccc4ccccc4c3)C(=O)N[C@H](C(=O)O)Cc3ccc(cc3)OC/C=C/CO2)N(C(=O)[C@@H](NC(=O)[C@H](C)NC)C(C)(C)C)C1)C(C)C. The van der Waals surface area contributed by atoms with Gasteiger partial charge in [-0.1, -0.05) is 138 Å². The number of nitrogens with one attached hydrogen (secondary N) is 7. The Kier molecular flexibility index (Phi) is 26.2. The average Bonchev–Trinajstić information content (AvgIpc) is 1.70. The number of benzene rings is 5. The van der Waals surface area contributed by atoms with Crippen LogP contribution in [0.15, 0.2) is 121 Å². The number of rotatable bonds is 16. The number of amides is 7. The lowest BCUT2D eigenvalue weighted by molar-refractivity contribution is -0.145. The van der Waals surface area contributed by atoms with Crippen LogP contribution in [0, 0.1) is 23.2 Å². The van der Waals surface area contributed by atoms with E-state index in [0.29, 0.717) is 22.4 Å². The Morgan fingerprint density at radius 2 is 1.20 bits per heavy atom. The lowest BCUT2D eigenvalue weighted by Crippen LogP contribution is -2.61. The van der Waals surface area contributed by atoms with Crippen LogP contribution in [0.2, 0.25) is 0 Å². The molecule has 5 aromatic carbocycles. The Labute approximate surface area is 577 Å².